The van der Waals surface area contributed by atoms with Crippen molar-refractivity contribution in [2.75, 3.05) is 14.1 Å². The van der Waals surface area contributed by atoms with E-state index in [-0.39, 0.29) is 12.4 Å². The lowest BCUT2D eigenvalue weighted by atomic mass is 10.3. The minimum Gasteiger partial charge on any atom is -0.368 e. The molecule has 0 aromatic carbocycles. The summed E-state index contributed by atoms with van der Waals surface area (Å²) >= 11 is 0. The number of nitrogens with one attached hydrogen (secondary N) is 1. The second-order valence-corrected chi connectivity index (χ2v) is 4.00. The second-order valence-electron chi connectivity index (χ2n) is 4.00. The zero-order valence-electron chi connectivity index (χ0n) is 10.5. The van der Waals surface area contributed by atoms with E-state index in [1.807, 2.05) is 0 Å². The molecule has 0 spiro atoms. The van der Waals surface area contributed by atoms with Crippen molar-refractivity contribution in [1.29, 1.82) is 0 Å². The van der Waals surface area contributed by atoms with E-state index in [1.165, 1.54) is 4.90 Å². The van der Waals surface area contributed by atoms with Crippen molar-refractivity contribution in [3.05, 3.63) is 42.0 Å². The zero-order valence-corrected chi connectivity index (χ0v) is 10.5. The van der Waals surface area contributed by atoms with Crippen molar-refractivity contribution in [3.63, 3.8) is 0 Å². The predicted octanol–water partition coefficient (Wildman–Crippen LogP) is 1.71. The van der Waals surface area contributed by atoms with Crippen LogP contribution in [0.1, 0.15) is 5.56 Å². The van der Waals surface area contributed by atoms with E-state index in [1.54, 1.807) is 38.6 Å². The van der Waals surface area contributed by atoms with E-state index >= 15 is 0 Å². The van der Waals surface area contributed by atoms with Crippen LogP contribution in [0.4, 0.5) is 13.2 Å². The van der Waals surface area contributed by atoms with Crippen molar-refractivity contribution >= 4 is 5.78 Å². The molecular weight excluding hydrogens is 259 g/mol. The van der Waals surface area contributed by atoms with Gasteiger partial charge in [-0.2, -0.15) is 13.2 Å². The third-order valence-electron chi connectivity index (χ3n) is 2.23. The van der Waals surface area contributed by atoms with Gasteiger partial charge in [-0.1, -0.05) is 6.07 Å². The van der Waals surface area contributed by atoms with Crippen LogP contribution in [0.25, 0.3) is 0 Å². The number of hydrogen-bond acceptors (Lipinski definition) is 4. The highest BCUT2D eigenvalue weighted by Crippen LogP contribution is 2.17. The Morgan fingerprint density at radius 3 is 2.63 bits per heavy atom. The summed E-state index contributed by atoms with van der Waals surface area (Å²) in [6.07, 6.45) is -1.14. The fraction of sp³-hybridized carbons (Fsp3) is 0.333. The van der Waals surface area contributed by atoms with Crippen LogP contribution >= 0.6 is 0 Å². The number of ketones is 1. The molecule has 1 rings (SSSR count). The lowest BCUT2D eigenvalue weighted by Gasteiger charge is -2.19. The van der Waals surface area contributed by atoms with Crippen LogP contribution in [-0.2, 0) is 11.3 Å². The molecule has 0 aliphatic carbocycles. The van der Waals surface area contributed by atoms with Crippen LogP contribution in [0, 0.1) is 0 Å². The maximum Gasteiger partial charge on any atom is 0.454 e. The molecule has 0 atom stereocenters. The molecule has 0 radical (unpaired) electrons. The lowest BCUT2D eigenvalue weighted by molar-refractivity contribution is -0.165. The van der Waals surface area contributed by atoms with Gasteiger partial charge in [0.25, 0.3) is 5.78 Å². The number of rotatable bonds is 5. The molecule has 0 unspecified atom stereocenters. The molecule has 0 fully saturated rings. The minimum atomic E-state index is -4.86. The SMILES string of the molecule is CN(C)C(=CC(=O)C(F)(F)F)NCc1cccnc1. The summed E-state index contributed by atoms with van der Waals surface area (Å²) in [6, 6.07) is 3.50. The summed E-state index contributed by atoms with van der Waals surface area (Å²) in [5, 5.41) is 2.76. The van der Waals surface area contributed by atoms with Crippen molar-refractivity contribution < 1.29 is 18.0 Å². The average molecular weight is 273 g/mol. The molecule has 0 aliphatic heterocycles. The van der Waals surface area contributed by atoms with Gasteiger partial charge in [-0.15, -0.1) is 0 Å². The molecule has 0 saturated heterocycles. The Morgan fingerprint density at radius 2 is 2.16 bits per heavy atom. The van der Waals surface area contributed by atoms with Gasteiger partial charge in [-0.3, -0.25) is 9.78 Å². The topological polar surface area (TPSA) is 45.2 Å². The zero-order chi connectivity index (χ0) is 14.5. The molecule has 0 amide bonds. The summed E-state index contributed by atoms with van der Waals surface area (Å²) in [5.41, 5.74) is 0.801. The standard InChI is InChI=1S/C12H14F3N3O/c1-18(2)11(6-10(19)12(13,14)15)17-8-9-4-3-5-16-7-9/h3-7,17H,8H2,1-2H3. The molecule has 1 aromatic rings. The smallest absolute Gasteiger partial charge is 0.368 e. The third kappa shape index (κ3) is 4.99. The molecule has 7 heteroatoms. The number of alkyl halides is 3. The normalized spacial score (nSPS) is 12.2. The molecule has 0 saturated carbocycles. The number of halogens is 3. The van der Waals surface area contributed by atoms with Gasteiger partial charge in [0.1, 0.15) is 5.82 Å². The van der Waals surface area contributed by atoms with E-state index in [0.29, 0.717) is 6.08 Å². The van der Waals surface area contributed by atoms with E-state index in [4.69, 9.17) is 0 Å². The number of carbonyl (C=O) groups excluding carboxylic acids is 1. The Morgan fingerprint density at radius 1 is 1.47 bits per heavy atom. The predicted molar refractivity (Wildman–Crippen MR) is 63.9 cm³/mol. The first-order valence-corrected chi connectivity index (χ1v) is 5.43. The molecule has 19 heavy (non-hydrogen) atoms. The van der Waals surface area contributed by atoms with Gasteiger partial charge in [-0.05, 0) is 11.6 Å². The summed E-state index contributed by atoms with van der Waals surface area (Å²) in [7, 11) is 3.09. The summed E-state index contributed by atoms with van der Waals surface area (Å²) in [4.78, 5) is 16.2. The average Bonchev–Trinajstić information content (AvgIpc) is 2.33. The van der Waals surface area contributed by atoms with Gasteiger partial charge in [0.2, 0.25) is 0 Å². The van der Waals surface area contributed by atoms with E-state index in [2.05, 4.69) is 10.3 Å². The highest BCUT2D eigenvalue weighted by atomic mass is 19.4. The molecule has 4 nitrogen and oxygen atoms in total. The summed E-state index contributed by atoms with van der Waals surface area (Å²) in [6.45, 7) is 0.281. The van der Waals surface area contributed by atoms with Gasteiger partial charge in [-0.25, -0.2) is 0 Å². The number of allylic oxidation sites excluding steroid dienone is 1. The number of nitrogens with zero attached hydrogens (tertiary/aromatic N) is 2. The maximum atomic E-state index is 12.2. The number of carbonyl (C=O) groups is 1. The van der Waals surface area contributed by atoms with Crippen molar-refractivity contribution in [3.8, 4) is 0 Å². The van der Waals surface area contributed by atoms with Gasteiger partial charge in [0.05, 0.1) is 0 Å². The number of aromatic nitrogens is 1. The Hall–Kier alpha value is -2.05. The van der Waals surface area contributed by atoms with E-state index in [9.17, 15) is 18.0 Å². The lowest BCUT2D eigenvalue weighted by Crippen LogP contribution is -2.29. The molecule has 104 valence electrons. The Kier molecular flexibility index (Phi) is 4.91. The highest BCUT2D eigenvalue weighted by molar-refractivity contribution is 5.94. The van der Waals surface area contributed by atoms with Crippen LogP contribution in [0.2, 0.25) is 0 Å². The highest BCUT2D eigenvalue weighted by Gasteiger charge is 2.37. The second kappa shape index (κ2) is 6.21. The Balaban J connectivity index is 2.74. The fourth-order valence-electron chi connectivity index (χ4n) is 1.24. The van der Waals surface area contributed by atoms with E-state index < -0.39 is 12.0 Å². The molecule has 1 N–H and O–H groups in total. The van der Waals surface area contributed by atoms with Crippen LogP contribution in [0.3, 0.4) is 0 Å². The van der Waals surface area contributed by atoms with Crippen LogP contribution in [0.15, 0.2) is 36.4 Å². The molecular formula is C12H14F3N3O. The van der Waals surface area contributed by atoms with Gasteiger partial charge >= 0.3 is 6.18 Å². The fourth-order valence-corrected chi connectivity index (χ4v) is 1.24. The third-order valence-corrected chi connectivity index (χ3v) is 2.23. The van der Waals surface area contributed by atoms with Crippen molar-refractivity contribution in [2.45, 2.75) is 12.7 Å². The summed E-state index contributed by atoms with van der Waals surface area (Å²) in [5.74, 6) is -1.80. The van der Waals surface area contributed by atoms with Crippen molar-refractivity contribution in [1.82, 2.24) is 15.2 Å². The van der Waals surface area contributed by atoms with Gasteiger partial charge < -0.3 is 10.2 Å². The van der Waals surface area contributed by atoms with Gasteiger partial charge in [0, 0.05) is 39.1 Å². The Bertz CT molecular complexity index is 455. The van der Waals surface area contributed by atoms with Crippen molar-refractivity contribution in [2.24, 2.45) is 0 Å². The maximum absolute atomic E-state index is 12.2. The number of pyridine rings is 1. The Labute approximate surface area is 108 Å². The van der Waals surface area contributed by atoms with Gasteiger partial charge in [0.15, 0.2) is 0 Å². The molecule has 0 bridgehead atoms. The molecule has 0 aliphatic rings. The van der Waals surface area contributed by atoms with E-state index in [0.717, 1.165) is 5.56 Å². The first kappa shape index (κ1) is 15.0. The van der Waals surface area contributed by atoms with Crippen LogP contribution < -0.4 is 5.32 Å². The monoisotopic (exact) mass is 273 g/mol. The largest absolute Gasteiger partial charge is 0.454 e. The first-order valence-electron chi connectivity index (χ1n) is 5.43. The molecule has 1 heterocycles. The minimum absolute atomic E-state index is 0.0891. The van der Waals surface area contributed by atoms with Crippen LogP contribution in [-0.4, -0.2) is 35.9 Å². The molecule has 1 aromatic heterocycles. The summed E-state index contributed by atoms with van der Waals surface area (Å²) < 4.78 is 36.6. The first-order chi connectivity index (χ1) is 8.80. The number of hydrogen-bond donors (Lipinski definition) is 1. The quantitative estimate of drug-likeness (QED) is 0.829. The van der Waals surface area contributed by atoms with Crippen LogP contribution in [0.5, 0.6) is 0 Å².